The smallest absolute Gasteiger partial charge is 0.334 e. The lowest BCUT2D eigenvalue weighted by atomic mass is 9.90. The minimum Gasteiger partial charge on any atom is -0.467 e. The lowest BCUT2D eigenvalue weighted by Crippen LogP contribution is -2.40. The van der Waals surface area contributed by atoms with Crippen LogP contribution < -0.4 is 0 Å². The Balaban J connectivity index is 1.94. The average molecular weight is 326 g/mol. The summed E-state index contributed by atoms with van der Waals surface area (Å²) in [7, 11) is 1.31. The molecule has 1 aliphatic rings. The first-order valence-corrected chi connectivity index (χ1v) is 8.04. The van der Waals surface area contributed by atoms with Crippen LogP contribution in [0.15, 0.2) is 12.1 Å². The second-order valence-corrected chi connectivity index (χ2v) is 6.54. The van der Waals surface area contributed by atoms with E-state index in [1.54, 1.807) is 0 Å². The second-order valence-electron chi connectivity index (χ2n) is 6.10. The molecule has 2 rings (SSSR count). The van der Waals surface area contributed by atoms with Gasteiger partial charge in [0.2, 0.25) is 0 Å². The van der Waals surface area contributed by atoms with Crippen molar-refractivity contribution >= 4 is 17.6 Å². The summed E-state index contributed by atoms with van der Waals surface area (Å²) >= 11 is 6.08. The molecule has 122 valence electrons. The largest absolute Gasteiger partial charge is 0.467 e. The van der Waals surface area contributed by atoms with Gasteiger partial charge in [0.05, 0.1) is 7.11 Å². The molecule has 1 aromatic rings. The summed E-state index contributed by atoms with van der Waals surface area (Å²) in [5.74, 6) is -0.529. The number of halogens is 1. The predicted molar refractivity (Wildman–Crippen MR) is 86.9 cm³/mol. The monoisotopic (exact) mass is 325 g/mol. The van der Waals surface area contributed by atoms with Gasteiger partial charge in [-0.2, -0.15) is 0 Å². The molecule has 1 heterocycles. The van der Waals surface area contributed by atoms with Crippen LogP contribution in [0.3, 0.4) is 0 Å². The third-order valence-corrected chi connectivity index (χ3v) is 4.78. The third kappa shape index (κ3) is 4.00. The highest BCUT2D eigenvalue weighted by Crippen LogP contribution is 2.26. The van der Waals surface area contributed by atoms with Crippen molar-refractivity contribution in [3.63, 3.8) is 0 Å². The Kier molecular flexibility index (Phi) is 5.84. The first kappa shape index (κ1) is 17.3. The summed E-state index contributed by atoms with van der Waals surface area (Å²) < 4.78 is 4.62. The van der Waals surface area contributed by atoms with E-state index in [0.29, 0.717) is 0 Å². The number of methoxy groups -OCH3 is 1. The molecule has 1 aliphatic heterocycles. The molecule has 0 saturated carbocycles. The number of benzene rings is 1. The molecular weight excluding hydrogens is 302 g/mol. The Labute approximate surface area is 137 Å². The standard InChI is InChI=1S/C17H24ClNO3/c1-11-8-14(18)9-12(2)15(11)10-19-6-4-13(5-7-19)16(20)17(21)22-3/h8-9,13,16,20H,4-7,10H2,1-3H3. The second kappa shape index (κ2) is 7.44. The van der Waals surface area contributed by atoms with E-state index in [1.165, 1.54) is 23.8 Å². The molecule has 1 N–H and O–H groups in total. The number of rotatable bonds is 4. The molecule has 4 nitrogen and oxygen atoms in total. The van der Waals surface area contributed by atoms with Gasteiger partial charge in [-0.25, -0.2) is 4.79 Å². The van der Waals surface area contributed by atoms with E-state index in [2.05, 4.69) is 23.5 Å². The number of carbonyl (C=O) groups is 1. The van der Waals surface area contributed by atoms with Gasteiger partial charge in [-0.15, -0.1) is 0 Å². The first-order valence-electron chi connectivity index (χ1n) is 7.66. The number of ether oxygens (including phenoxy) is 1. The van der Waals surface area contributed by atoms with Crippen LogP contribution in [-0.2, 0) is 16.1 Å². The zero-order chi connectivity index (χ0) is 16.3. The van der Waals surface area contributed by atoms with Gasteiger partial charge in [-0.1, -0.05) is 11.6 Å². The van der Waals surface area contributed by atoms with Gasteiger partial charge < -0.3 is 9.84 Å². The fraction of sp³-hybridized carbons (Fsp3) is 0.588. The Morgan fingerprint density at radius 1 is 1.36 bits per heavy atom. The van der Waals surface area contributed by atoms with Crippen LogP contribution in [-0.4, -0.2) is 42.3 Å². The van der Waals surface area contributed by atoms with Crippen LogP contribution in [0.1, 0.15) is 29.5 Å². The molecule has 1 unspecified atom stereocenters. The maximum atomic E-state index is 11.4. The summed E-state index contributed by atoms with van der Waals surface area (Å²) in [5.41, 5.74) is 3.74. The van der Waals surface area contributed by atoms with E-state index in [1.807, 2.05) is 12.1 Å². The molecule has 1 fully saturated rings. The summed E-state index contributed by atoms with van der Waals surface area (Å²) in [6.07, 6.45) is 0.621. The third-order valence-electron chi connectivity index (χ3n) is 4.56. The molecule has 1 saturated heterocycles. The SMILES string of the molecule is COC(=O)C(O)C1CCN(Cc2c(C)cc(Cl)cc2C)CC1. The van der Waals surface area contributed by atoms with Gasteiger partial charge in [0.15, 0.2) is 6.10 Å². The Bertz CT molecular complexity index is 516. The van der Waals surface area contributed by atoms with Gasteiger partial charge in [0.1, 0.15) is 0 Å². The fourth-order valence-electron chi connectivity index (χ4n) is 3.15. The fourth-order valence-corrected chi connectivity index (χ4v) is 3.48. The van der Waals surface area contributed by atoms with Crippen molar-refractivity contribution in [3.8, 4) is 0 Å². The number of piperidine rings is 1. The number of esters is 1. The zero-order valence-corrected chi connectivity index (χ0v) is 14.2. The predicted octanol–water partition coefficient (Wildman–Crippen LogP) is 2.70. The van der Waals surface area contributed by atoms with E-state index in [0.717, 1.165) is 37.5 Å². The van der Waals surface area contributed by atoms with Gasteiger partial charge in [0, 0.05) is 11.6 Å². The van der Waals surface area contributed by atoms with Crippen LogP contribution in [0, 0.1) is 19.8 Å². The first-order chi connectivity index (χ1) is 10.4. The van der Waals surface area contributed by atoms with E-state index >= 15 is 0 Å². The summed E-state index contributed by atoms with van der Waals surface area (Å²) in [5, 5.41) is 10.7. The average Bonchev–Trinajstić information content (AvgIpc) is 2.50. The topological polar surface area (TPSA) is 49.8 Å². The Morgan fingerprint density at radius 2 is 1.91 bits per heavy atom. The van der Waals surface area contributed by atoms with Crippen LogP contribution >= 0.6 is 11.6 Å². The lowest BCUT2D eigenvalue weighted by molar-refractivity contribution is -0.154. The molecular formula is C17H24ClNO3. The van der Waals surface area contributed by atoms with Crippen molar-refractivity contribution in [2.45, 2.75) is 39.3 Å². The number of likely N-dealkylation sites (tertiary alicyclic amines) is 1. The normalized spacial score (nSPS) is 18.2. The zero-order valence-electron chi connectivity index (χ0n) is 13.4. The molecule has 1 atom stereocenters. The molecule has 1 aromatic carbocycles. The van der Waals surface area contributed by atoms with E-state index in [-0.39, 0.29) is 5.92 Å². The summed E-state index contributed by atoms with van der Waals surface area (Å²) in [6, 6.07) is 4.00. The quantitative estimate of drug-likeness (QED) is 0.865. The number of hydrogen-bond donors (Lipinski definition) is 1. The van der Waals surface area contributed by atoms with E-state index in [9.17, 15) is 9.90 Å². The van der Waals surface area contributed by atoms with Crippen LogP contribution in [0.4, 0.5) is 0 Å². The Hall–Kier alpha value is -1.10. The molecule has 5 heteroatoms. The van der Waals surface area contributed by atoms with Gasteiger partial charge in [0.25, 0.3) is 0 Å². The molecule has 0 radical (unpaired) electrons. The van der Waals surface area contributed by atoms with Crippen molar-refractivity contribution in [1.29, 1.82) is 0 Å². The van der Waals surface area contributed by atoms with Crippen molar-refractivity contribution in [1.82, 2.24) is 4.90 Å². The minimum atomic E-state index is -0.994. The number of aliphatic hydroxyl groups is 1. The van der Waals surface area contributed by atoms with Gasteiger partial charge in [-0.05, 0) is 74.5 Å². The van der Waals surface area contributed by atoms with E-state index < -0.39 is 12.1 Å². The minimum absolute atomic E-state index is 0.00360. The van der Waals surface area contributed by atoms with Crippen LogP contribution in [0.25, 0.3) is 0 Å². The van der Waals surface area contributed by atoms with Gasteiger partial charge in [-0.3, -0.25) is 4.90 Å². The van der Waals surface area contributed by atoms with Crippen molar-refractivity contribution in [2.24, 2.45) is 5.92 Å². The number of nitrogens with zero attached hydrogens (tertiary/aromatic N) is 1. The van der Waals surface area contributed by atoms with Gasteiger partial charge >= 0.3 is 5.97 Å². The number of carbonyl (C=O) groups excluding carboxylic acids is 1. The molecule has 0 aromatic heterocycles. The number of aliphatic hydroxyl groups excluding tert-OH is 1. The Morgan fingerprint density at radius 3 is 2.41 bits per heavy atom. The highest BCUT2D eigenvalue weighted by Gasteiger charge is 2.30. The van der Waals surface area contributed by atoms with E-state index in [4.69, 9.17) is 11.6 Å². The highest BCUT2D eigenvalue weighted by atomic mass is 35.5. The molecule has 0 amide bonds. The van der Waals surface area contributed by atoms with Crippen LogP contribution in [0.5, 0.6) is 0 Å². The molecule has 22 heavy (non-hydrogen) atoms. The molecule has 0 aliphatic carbocycles. The van der Waals surface area contributed by atoms with Crippen molar-refractivity contribution in [3.05, 3.63) is 33.8 Å². The van der Waals surface area contributed by atoms with Crippen molar-refractivity contribution in [2.75, 3.05) is 20.2 Å². The summed E-state index contributed by atoms with van der Waals surface area (Å²) in [6.45, 7) is 6.81. The maximum Gasteiger partial charge on any atom is 0.334 e. The highest BCUT2D eigenvalue weighted by molar-refractivity contribution is 6.30. The maximum absolute atomic E-state index is 11.4. The lowest BCUT2D eigenvalue weighted by Gasteiger charge is -2.34. The number of hydrogen-bond acceptors (Lipinski definition) is 4. The molecule has 0 spiro atoms. The number of aryl methyl sites for hydroxylation is 2. The molecule has 0 bridgehead atoms. The summed E-state index contributed by atoms with van der Waals surface area (Å²) in [4.78, 5) is 13.8. The van der Waals surface area contributed by atoms with Crippen molar-refractivity contribution < 1.29 is 14.6 Å². The van der Waals surface area contributed by atoms with Crippen LogP contribution in [0.2, 0.25) is 5.02 Å².